The van der Waals surface area contributed by atoms with Crippen molar-refractivity contribution in [2.75, 3.05) is 53.4 Å². The highest BCUT2D eigenvalue weighted by atomic mass is 127. The van der Waals surface area contributed by atoms with Gasteiger partial charge in [-0.15, -0.1) is 0 Å². The molecule has 3 heterocycles. The van der Waals surface area contributed by atoms with E-state index in [0.717, 1.165) is 47.0 Å². The van der Waals surface area contributed by atoms with Crippen molar-refractivity contribution >= 4 is 161 Å². The minimum Gasteiger partial charge on any atom is -0.398 e. The summed E-state index contributed by atoms with van der Waals surface area (Å²) in [7, 11) is 2.99. The molecule has 3 aromatic heterocycles. The highest BCUT2D eigenvalue weighted by Crippen LogP contribution is 2.39. The van der Waals surface area contributed by atoms with Crippen molar-refractivity contribution in [2.24, 2.45) is 37.0 Å². The van der Waals surface area contributed by atoms with E-state index in [-0.39, 0.29) is 131 Å². The number of anilines is 8. The van der Waals surface area contributed by atoms with Crippen LogP contribution in [0.5, 0.6) is 0 Å². The summed E-state index contributed by atoms with van der Waals surface area (Å²) in [5, 5.41) is 60.7. The number of rotatable bonds is 22. The molecule has 117 heavy (non-hydrogen) atoms. The molecule has 0 saturated heterocycles. The number of aryl methyl sites for hydroxylation is 2. The molecular formula is C81H79F2I2N19O9S4. The lowest BCUT2D eigenvalue weighted by Gasteiger charge is -2.21. The number of nitrogens with one attached hydrogen (secondary N) is 3. The highest BCUT2D eigenvalue weighted by molar-refractivity contribution is 14.1. The largest absolute Gasteiger partial charge is 0.398 e. The number of aliphatic hydroxyl groups excluding tert-OH is 2. The summed E-state index contributed by atoms with van der Waals surface area (Å²) in [5.74, 6) is -1.49. The Bertz CT molecular complexity index is 5700. The minimum atomic E-state index is -0.624. The zero-order valence-corrected chi connectivity index (χ0v) is 71.1. The van der Waals surface area contributed by atoms with Crippen LogP contribution >= 0.6 is 92.2 Å². The lowest BCUT2D eigenvalue weighted by molar-refractivity contribution is -0.116. The van der Waals surface area contributed by atoms with Crippen LogP contribution in [0.1, 0.15) is 59.8 Å². The normalized spacial score (nSPS) is 12.1. The molecule has 1 aliphatic rings. The number of thioether (sulfide) groups is 4. The van der Waals surface area contributed by atoms with Crippen LogP contribution < -0.4 is 84.4 Å². The Kier molecular flexibility index (Phi) is 34.4. The lowest BCUT2D eigenvalue weighted by atomic mass is 10.1. The zero-order valence-electron chi connectivity index (χ0n) is 63.5. The molecule has 0 unspecified atom stereocenters. The number of amides is 1. The molecule has 36 heteroatoms. The molecule has 1 saturated carbocycles. The second-order valence-corrected chi connectivity index (χ2v) is 31.7. The first-order valence-corrected chi connectivity index (χ1v) is 40.2. The lowest BCUT2D eigenvalue weighted by Crippen LogP contribution is -2.41. The van der Waals surface area contributed by atoms with Gasteiger partial charge in [0.2, 0.25) is 0 Å². The number of aromatic nitrogens is 4. The first-order chi connectivity index (χ1) is 55.8. The van der Waals surface area contributed by atoms with Gasteiger partial charge in [-0.05, 0) is 194 Å². The van der Waals surface area contributed by atoms with Gasteiger partial charge < -0.3 is 66.7 Å². The second-order valence-electron chi connectivity index (χ2n) is 24.9. The molecule has 1 amide bonds. The number of carbonyl (C=O) groups is 2. The van der Waals surface area contributed by atoms with Crippen molar-refractivity contribution < 1.29 is 33.4 Å². The second kappa shape index (κ2) is 43.7. The molecule has 11 rings (SSSR count). The Labute approximate surface area is 714 Å². The standard InChI is InChI=1S/C27H24FIN4O4.2C18H16N6S2.C16H17FIN3O4.C2H6O/c1-14(34)11-16-5-4-6-19(12-16)32-23-15(2)25(35)31(3)24(30-21-10-7-17(29)13-20(21)28)22(23)26(36)33(27(32)37)18-8-9-18;2*19-9-11(17(23)25-15-7-3-1-5-13(15)21)12(10-20)18(24)26-16-8-4-2-6-14(16)22;1-9-7-11(15(23)20-25-6-5-22)14(21(2)16(9)24)19-13-4-3-10(18)8-12(13)17;1-2-3/h4-7,10,12-13,18,30H,8-9,11H2,1-3H3;2*1-8H,21-24H2;3-4,7-8,19,22H,5-6H2,1-2H3,(H,20,23);3H,2H2,1H3/b;2*17-11+,18-12+;;. The van der Waals surface area contributed by atoms with Crippen LogP contribution in [0, 0.1) is 77.9 Å². The summed E-state index contributed by atoms with van der Waals surface area (Å²) < 4.78 is 35.4. The third-order valence-electron chi connectivity index (χ3n) is 16.4. The van der Waals surface area contributed by atoms with Crippen molar-refractivity contribution in [3.8, 4) is 30.0 Å². The number of Topliss-reactive ketones (excluding diaryl/α,β-unsaturated/α-hetero) is 1. The Morgan fingerprint density at radius 1 is 0.564 bits per heavy atom. The fourth-order valence-corrected chi connectivity index (χ4v) is 14.9. The van der Waals surface area contributed by atoms with E-state index in [1.807, 2.05) is 93.7 Å². The number of pyridine rings is 2. The first-order valence-electron chi connectivity index (χ1n) is 34.8. The molecule has 0 radical (unpaired) electrons. The van der Waals surface area contributed by atoms with E-state index in [1.165, 1.54) is 69.6 Å². The predicted molar refractivity (Wildman–Crippen MR) is 475 cm³/mol. The van der Waals surface area contributed by atoms with Crippen LogP contribution in [0.3, 0.4) is 0 Å². The molecule has 21 N–H and O–H groups in total. The van der Waals surface area contributed by atoms with Crippen molar-refractivity contribution in [3.63, 3.8) is 0 Å². The fraction of sp³-hybridized carbons (Fsp3) is 0.160. The maximum absolute atomic E-state index is 14.8. The van der Waals surface area contributed by atoms with Crippen LogP contribution in [0.2, 0.25) is 0 Å². The van der Waals surface area contributed by atoms with Gasteiger partial charge in [-0.2, -0.15) is 21.0 Å². The maximum atomic E-state index is 14.8. The number of hydrogen-bond acceptors (Lipinski definition) is 27. The van der Waals surface area contributed by atoms with E-state index in [1.54, 1.807) is 130 Å². The molecule has 604 valence electrons. The number of ketones is 1. The number of benzene rings is 7. The average molecular weight is 1880 g/mol. The van der Waals surface area contributed by atoms with E-state index < -0.39 is 34.3 Å². The first kappa shape index (κ1) is 92.2. The van der Waals surface area contributed by atoms with Gasteiger partial charge in [0.05, 0.1) is 61.5 Å². The van der Waals surface area contributed by atoms with Gasteiger partial charge >= 0.3 is 5.69 Å². The molecule has 1 aliphatic carbocycles. The Morgan fingerprint density at radius 3 is 1.32 bits per heavy atom. The van der Waals surface area contributed by atoms with Gasteiger partial charge in [0, 0.05) is 93.8 Å². The van der Waals surface area contributed by atoms with E-state index in [0.29, 0.717) is 79.1 Å². The summed E-state index contributed by atoms with van der Waals surface area (Å²) in [5.41, 5.74) is 52.4. The smallest absolute Gasteiger partial charge is 0.336 e. The Balaban J connectivity index is 0.000000216. The zero-order chi connectivity index (χ0) is 86.1. The summed E-state index contributed by atoms with van der Waals surface area (Å²) in [6.45, 7) is 6.21. The van der Waals surface area contributed by atoms with E-state index >= 15 is 0 Å². The van der Waals surface area contributed by atoms with Crippen LogP contribution in [0.4, 0.5) is 54.5 Å². The number of nitrogens with zero attached hydrogens (tertiary/aromatic N) is 8. The maximum Gasteiger partial charge on any atom is 0.336 e. The average Bonchev–Trinajstić information content (AvgIpc) is 1.70. The molecule has 0 bridgehead atoms. The number of para-hydroxylation sites is 4. The molecule has 7 aromatic carbocycles. The van der Waals surface area contributed by atoms with Crippen LogP contribution in [-0.2, 0) is 30.1 Å². The quantitative estimate of drug-likeness (QED) is 0.00570. The van der Waals surface area contributed by atoms with Gasteiger partial charge in [0.25, 0.3) is 22.6 Å². The van der Waals surface area contributed by atoms with Crippen molar-refractivity contribution in [1.29, 1.82) is 21.0 Å². The molecule has 28 nitrogen and oxygen atoms in total. The van der Waals surface area contributed by atoms with Gasteiger partial charge in [0.15, 0.2) is 0 Å². The summed E-state index contributed by atoms with van der Waals surface area (Å²) in [4.78, 5) is 84.8. The third-order valence-corrected chi connectivity index (χ3v) is 21.8. The highest BCUT2D eigenvalue weighted by Gasteiger charge is 2.32. The molecule has 0 aliphatic heterocycles. The SMILES string of the molecule is CC(=O)Cc1cccc(-n2c(=O)n(C3CC3)c(=O)c3c(Nc4ccc(I)cc4F)n(C)c(=O)c(C)c32)c1.CCO.Cc1cc(C(=O)NOCCO)c(Nc2ccc(I)cc2F)n(C)c1=O.N#CC(=C(/N)Sc1ccccc1N)/C(C#N)=C(\N)Sc1ccccc1N.N#CC(=C(/N)Sc1ccccc1N)/C(C#N)=C(\N)Sc1ccccc1N. The van der Waals surface area contributed by atoms with Crippen LogP contribution in [0.25, 0.3) is 16.6 Å². The van der Waals surface area contributed by atoms with E-state index in [9.17, 15) is 58.6 Å². The van der Waals surface area contributed by atoms with Gasteiger partial charge in [-0.25, -0.2) is 19.1 Å². The van der Waals surface area contributed by atoms with Gasteiger partial charge in [0.1, 0.15) is 81.0 Å². The van der Waals surface area contributed by atoms with Crippen molar-refractivity contribution in [3.05, 3.63) is 289 Å². The Morgan fingerprint density at radius 2 is 0.957 bits per heavy atom. The summed E-state index contributed by atoms with van der Waals surface area (Å²) in [6.07, 6.45) is 1.55. The summed E-state index contributed by atoms with van der Waals surface area (Å²) in [6, 6.07) is 53.5. The number of fused-ring (bicyclic) bond motifs is 1. The molecule has 1 fully saturated rings. The van der Waals surface area contributed by atoms with Gasteiger partial charge in [-0.1, -0.05) is 108 Å². The monoisotopic (exact) mass is 1880 g/mol. The number of hydrogen-bond donors (Lipinski definition) is 13. The molecule has 10 aromatic rings. The number of allylic oxidation sites excluding steroid dienone is 4. The number of carbonyl (C=O) groups excluding carboxylic acids is 2. The number of nitrogen functional groups attached to an aromatic ring is 4. The number of nitrogens with two attached hydrogens (primary N) is 8. The van der Waals surface area contributed by atoms with Gasteiger partial charge in [-0.3, -0.25) is 47.1 Å². The topological polar surface area (TPSA) is 511 Å². The molecule has 0 spiro atoms. The number of hydroxylamine groups is 1. The molecular weight excluding hydrogens is 1800 g/mol. The van der Waals surface area contributed by atoms with Crippen molar-refractivity contribution in [1.82, 2.24) is 23.7 Å². The third kappa shape index (κ3) is 24.1. The van der Waals surface area contributed by atoms with E-state index in [4.69, 9.17) is 60.9 Å². The fourth-order valence-electron chi connectivity index (χ4n) is 10.7. The number of aliphatic hydroxyl groups is 2. The van der Waals surface area contributed by atoms with Crippen LogP contribution in [0.15, 0.2) is 245 Å². The van der Waals surface area contributed by atoms with E-state index in [2.05, 4.69) is 16.1 Å². The number of halogens is 4. The summed E-state index contributed by atoms with van der Waals surface area (Å²) >= 11 is 8.41. The van der Waals surface area contributed by atoms with Crippen molar-refractivity contribution in [2.45, 2.75) is 72.6 Å². The Hall–Kier alpha value is -12.0. The molecule has 0 atom stereocenters. The predicted octanol–water partition coefficient (Wildman–Crippen LogP) is 12.2. The minimum absolute atomic E-state index is 0.000237. The number of nitriles is 4. The van der Waals surface area contributed by atoms with Crippen LogP contribution in [-0.4, -0.2) is 60.0 Å².